The summed E-state index contributed by atoms with van der Waals surface area (Å²) >= 11 is 2.80. The molecule has 25 heavy (non-hydrogen) atoms. The van der Waals surface area contributed by atoms with E-state index in [0.29, 0.717) is 21.6 Å². The molecule has 0 aliphatic rings. The molecule has 2 heterocycles. The number of hydrogen-bond acceptors (Lipinski definition) is 7. The molecule has 3 rings (SSSR count). The number of primary amides is 1. The summed E-state index contributed by atoms with van der Waals surface area (Å²) in [6, 6.07) is 9.31. The first-order valence-electron chi connectivity index (χ1n) is 7.02. The molecule has 3 aromatic rings. The first-order chi connectivity index (χ1) is 12.1. The summed E-state index contributed by atoms with van der Waals surface area (Å²) in [7, 11) is 0. The number of thiophene rings is 1. The number of amides is 1. The predicted octanol–water partition coefficient (Wildman–Crippen LogP) is 3.16. The van der Waals surface area contributed by atoms with Crippen LogP contribution in [0.25, 0.3) is 0 Å². The Hall–Kier alpha value is -2.52. The molecule has 0 fully saturated rings. The van der Waals surface area contributed by atoms with Gasteiger partial charge in [-0.3, -0.25) is 4.79 Å². The van der Waals surface area contributed by atoms with Crippen molar-refractivity contribution in [2.45, 2.75) is 11.8 Å². The van der Waals surface area contributed by atoms with Gasteiger partial charge < -0.3 is 10.5 Å². The number of aromatic nitrogens is 3. The van der Waals surface area contributed by atoms with Gasteiger partial charge in [0.15, 0.2) is 11.0 Å². The molecule has 6 nitrogen and oxygen atoms in total. The summed E-state index contributed by atoms with van der Waals surface area (Å²) in [6.45, 7) is 0.238. The predicted molar refractivity (Wildman–Crippen MR) is 95.2 cm³/mol. The molecule has 2 N–H and O–H groups in total. The first kappa shape index (κ1) is 18.8. The van der Waals surface area contributed by atoms with Gasteiger partial charge in [0, 0.05) is 0 Å². The van der Waals surface area contributed by atoms with Gasteiger partial charge in [-0.1, -0.05) is 17.8 Å². The minimum Gasteiger partial charge on any atom is -0.486 e. The molecule has 0 saturated heterocycles. The van der Waals surface area contributed by atoms with Crippen molar-refractivity contribution in [1.29, 1.82) is 0 Å². The van der Waals surface area contributed by atoms with Gasteiger partial charge in [-0.25, -0.2) is 19.3 Å². The lowest BCUT2D eigenvalue weighted by Crippen LogP contribution is -2.07. The Morgan fingerprint density at radius 3 is 2.60 bits per heavy atom. The van der Waals surface area contributed by atoms with Crippen LogP contribution < -0.4 is 10.5 Å². The van der Waals surface area contributed by atoms with Crippen LogP contribution in [0.1, 0.15) is 15.5 Å². The van der Waals surface area contributed by atoms with Crippen LogP contribution in [0.4, 0.5) is 4.39 Å². The average Bonchev–Trinajstić information content (AvgIpc) is 3.17. The number of ether oxygens (including phenoxy) is 1. The van der Waals surface area contributed by atoms with Gasteiger partial charge in [-0.05, 0) is 42.0 Å². The van der Waals surface area contributed by atoms with Gasteiger partial charge in [-0.2, -0.15) is 0 Å². The minimum atomic E-state index is -0.347. The van der Waals surface area contributed by atoms with Crippen molar-refractivity contribution in [3.8, 4) is 5.75 Å². The van der Waals surface area contributed by atoms with Crippen molar-refractivity contribution in [2.75, 3.05) is 6.26 Å². The third-order valence-electron chi connectivity index (χ3n) is 2.73. The maximum atomic E-state index is 12.7. The summed E-state index contributed by atoms with van der Waals surface area (Å²) in [5.74, 6) is 0.494. The molecule has 9 heteroatoms. The van der Waals surface area contributed by atoms with Gasteiger partial charge in [-0.15, -0.1) is 11.3 Å². The van der Waals surface area contributed by atoms with E-state index in [1.165, 1.54) is 41.6 Å². The van der Waals surface area contributed by atoms with E-state index in [1.54, 1.807) is 24.3 Å². The lowest BCUT2D eigenvalue weighted by molar-refractivity contribution is 0.100. The van der Waals surface area contributed by atoms with Gasteiger partial charge >= 0.3 is 0 Å². The molecule has 0 aliphatic heterocycles. The van der Waals surface area contributed by atoms with Crippen molar-refractivity contribution >= 4 is 29.0 Å². The van der Waals surface area contributed by atoms with Crippen LogP contribution in [0.3, 0.4) is 0 Å². The van der Waals surface area contributed by atoms with Gasteiger partial charge in [0.1, 0.15) is 24.5 Å². The monoisotopic (exact) mass is 378 g/mol. The fourth-order valence-corrected chi connectivity index (χ4v) is 2.50. The van der Waals surface area contributed by atoms with Crippen molar-refractivity contribution in [3.05, 3.63) is 64.6 Å². The first-order valence-corrected chi connectivity index (χ1v) is 9.12. The smallest absolute Gasteiger partial charge is 0.258 e. The lowest BCUT2D eigenvalue weighted by atomic mass is 10.3. The van der Waals surface area contributed by atoms with Crippen molar-refractivity contribution < 1.29 is 13.9 Å². The number of nitrogens with zero attached hydrogens (tertiary/aromatic N) is 3. The molecule has 2 aromatic heterocycles. The molecule has 0 aliphatic carbocycles. The highest BCUT2D eigenvalue weighted by Crippen LogP contribution is 2.13. The highest BCUT2D eigenvalue weighted by molar-refractivity contribution is 7.98. The highest BCUT2D eigenvalue weighted by atomic mass is 32.2. The minimum absolute atomic E-state index is 0.238. The number of rotatable bonds is 5. The maximum absolute atomic E-state index is 12.7. The van der Waals surface area contributed by atoms with Crippen LogP contribution in [0.2, 0.25) is 0 Å². The average molecular weight is 378 g/mol. The zero-order chi connectivity index (χ0) is 18.1. The van der Waals surface area contributed by atoms with Crippen LogP contribution in [0.5, 0.6) is 5.75 Å². The largest absolute Gasteiger partial charge is 0.486 e. The van der Waals surface area contributed by atoms with Gasteiger partial charge in [0.2, 0.25) is 0 Å². The summed E-state index contributed by atoms with van der Waals surface area (Å²) in [5, 5.41) is 2.47. The van der Waals surface area contributed by atoms with Crippen LogP contribution in [0, 0.1) is 5.82 Å². The molecule has 0 saturated carbocycles. The molecule has 0 unspecified atom stereocenters. The Balaban J connectivity index is 0.000000236. The number of carbonyl (C=O) groups is 1. The zero-order valence-corrected chi connectivity index (χ0v) is 14.9. The standard InChI is InChI=1S/C11H10FN3OS.C5H5NOS/c1-17-11-14-7-13-10(15-11)6-16-9-4-2-8(12)3-5-9;6-5(7)4-2-1-3-8-4/h2-5,7H,6H2,1H3;1-3H,(H2,6,7). The quantitative estimate of drug-likeness (QED) is 0.686. The Morgan fingerprint density at radius 2 is 2.04 bits per heavy atom. The summed E-state index contributed by atoms with van der Waals surface area (Å²) in [5.41, 5.74) is 4.93. The Bertz CT molecular complexity index is 798. The van der Waals surface area contributed by atoms with E-state index in [2.05, 4.69) is 15.0 Å². The molecule has 130 valence electrons. The molecule has 0 bridgehead atoms. The van der Waals surface area contributed by atoms with E-state index in [-0.39, 0.29) is 18.3 Å². The number of hydrogen-bond donors (Lipinski definition) is 1. The highest BCUT2D eigenvalue weighted by Gasteiger charge is 2.01. The molecule has 0 atom stereocenters. The molecular formula is C16H15FN4O2S2. The van der Waals surface area contributed by atoms with E-state index in [1.807, 2.05) is 11.6 Å². The zero-order valence-electron chi connectivity index (χ0n) is 13.3. The number of nitrogens with two attached hydrogens (primary N) is 1. The van der Waals surface area contributed by atoms with Gasteiger partial charge in [0.05, 0.1) is 4.88 Å². The van der Waals surface area contributed by atoms with Crippen LogP contribution in [-0.2, 0) is 6.61 Å². The van der Waals surface area contributed by atoms with Crippen molar-refractivity contribution in [2.24, 2.45) is 5.73 Å². The maximum Gasteiger partial charge on any atom is 0.258 e. The number of carbonyl (C=O) groups excluding carboxylic acids is 1. The van der Waals surface area contributed by atoms with Crippen LogP contribution >= 0.6 is 23.1 Å². The SMILES string of the molecule is CSc1ncnc(COc2ccc(F)cc2)n1.NC(=O)c1cccs1. The van der Waals surface area contributed by atoms with Crippen molar-refractivity contribution in [1.82, 2.24) is 15.0 Å². The van der Waals surface area contributed by atoms with Crippen molar-refractivity contribution in [3.63, 3.8) is 0 Å². The number of halogens is 1. The molecule has 0 radical (unpaired) electrons. The molecule has 1 amide bonds. The second kappa shape index (κ2) is 9.70. The Kier molecular flexibility index (Phi) is 7.30. The molecule has 0 spiro atoms. The molecule has 1 aromatic carbocycles. The molecular weight excluding hydrogens is 363 g/mol. The normalized spacial score (nSPS) is 9.84. The summed E-state index contributed by atoms with van der Waals surface area (Å²) in [6.07, 6.45) is 3.34. The topological polar surface area (TPSA) is 91.0 Å². The number of thioether (sulfide) groups is 1. The van der Waals surface area contributed by atoms with E-state index in [0.717, 1.165) is 0 Å². The van der Waals surface area contributed by atoms with Crippen LogP contribution in [-0.4, -0.2) is 27.1 Å². The van der Waals surface area contributed by atoms with Crippen LogP contribution in [0.15, 0.2) is 53.3 Å². The Labute approximate surface area is 152 Å². The fourth-order valence-electron chi connectivity index (χ4n) is 1.58. The lowest BCUT2D eigenvalue weighted by Gasteiger charge is -2.05. The fraction of sp³-hybridized carbons (Fsp3) is 0.125. The third-order valence-corrected chi connectivity index (χ3v) is 4.17. The van der Waals surface area contributed by atoms with E-state index >= 15 is 0 Å². The van der Waals surface area contributed by atoms with E-state index in [4.69, 9.17) is 10.5 Å². The Morgan fingerprint density at radius 1 is 1.28 bits per heavy atom. The third kappa shape index (κ3) is 6.48. The second-order valence-electron chi connectivity index (χ2n) is 4.47. The van der Waals surface area contributed by atoms with Gasteiger partial charge in [0.25, 0.3) is 5.91 Å². The summed E-state index contributed by atoms with van der Waals surface area (Å²) < 4.78 is 18.1. The summed E-state index contributed by atoms with van der Waals surface area (Å²) in [4.78, 5) is 23.0. The second-order valence-corrected chi connectivity index (χ2v) is 6.19. The number of benzene rings is 1. The van der Waals surface area contributed by atoms with E-state index < -0.39 is 0 Å². The van der Waals surface area contributed by atoms with E-state index in [9.17, 15) is 9.18 Å².